The largest absolute Gasteiger partial charge is 0.460 e. The van der Waals surface area contributed by atoms with Gasteiger partial charge in [-0.1, -0.05) is 12.1 Å². The zero-order valence-electron chi connectivity index (χ0n) is 16.4. The van der Waals surface area contributed by atoms with Crippen LogP contribution >= 0.6 is 0 Å². The maximum absolute atomic E-state index is 13.5. The molecule has 0 atom stereocenters. The summed E-state index contributed by atoms with van der Waals surface area (Å²) in [5, 5.41) is 0. The minimum absolute atomic E-state index is 0.135. The molecule has 1 aliphatic carbocycles. The predicted octanol–water partition coefficient (Wildman–Crippen LogP) is 3.38. The molecule has 6 nitrogen and oxygen atoms in total. The van der Waals surface area contributed by atoms with E-state index < -0.39 is 5.97 Å². The van der Waals surface area contributed by atoms with E-state index in [4.69, 9.17) is 9.47 Å². The van der Waals surface area contributed by atoms with Crippen molar-refractivity contribution in [2.45, 2.75) is 39.3 Å². The minimum Gasteiger partial charge on any atom is -0.460 e. The molecule has 150 valence electrons. The van der Waals surface area contributed by atoms with Crippen molar-refractivity contribution in [2.75, 3.05) is 20.3 Å². The number of hydrogen-bond acceptors (Lipinski definition) is 4. The zero-order valence-corrected chi connectivity index (χ0v) is 16.4. The molecule has 2 aromatic rings. The third-order valence-corrected chi connectivity index (χ3v) is 4.87. The van der Waals surface area contributed by atoms with E-state index in [0.29, 0.717) is 35.7 Å². The lowest BCUT2D eigenvalue weighted by molar-refractivity contribution is 0.0387. The molecule has 1 fully saturated rings. The third-order valence-electron chi connectivity index (χ3n) is 4.87. The summed E-state index contributed by atoms with van der Waals surface area (Å²) in [7, 11) is 1.53. The Labute approximate surface area is 163 Å². The summed E-state index contributed by atoms with van der Waals surface area (Å²) in [4.78, 5) is 30.4. The summed E-state index contributed by atoms with van der Waals surface area (Å²) in [6, 6.07) is 6.40. The number of benzene rings is 1. The van der Waals surface area contributed by atoms with E-state index in [1.165, 1.54) is 19.2 Å². The lowest BCUT2D eigenvalue weighted by Crippen LogP contribution is -2.33. The molecule has 0 bridgehead atoms. The van der Waals surface area contributed by atoms with Crippen LogP contribution in [-0.4, -0.2) is 48.1 Å². The number of carbonyl (C=O) groups is 2. The molecule has 1 N–H and O–H groups in total. The van der Waals surface area contributed by atoms with Crippen LogP contribution in [0, 0.1) is 19.7 Å². The van der Waals surface area contributed by atoms with E-state index >= 15 is 0 Å². The normalized spacial score (nSPS) is 13.4. The maximum Gasteiger partial charge on any atom is 0.340 e. The Morgan fingerprint density at radius 3 is 2.64 bits per heavy atom. The summed E-state index contributed by atoms with van der Waals surface area (Å²) >= 11 is 0. The van der Waals surface area contributed by atoms with Crippen LogP contribution in [0.15, 0.2) is 24.3 Å². The first-order valence-corrected chi connectivity index (χ1v) is 9.33. The Morgan fingerprint density at radius 2 is 2.00 bits per heavy atom. The lowest BCUT2D eigenvalue weighted by atomic mass is 10.1. The van der Waals surface area contributed by atoms with Crippen LogP contribution in [0.5, 0.6) is 0 Å². The van der Waals surface area contributed by atoms with Gasteiger partial charge in [0.05, 0.1) is 12.2 Å². The number of rotatable bonds is 8. The summed E-state index contributed by atoms with van der Waals surface area (Å²) in [6.07, 6.45) is 1.84. The van der Waals surface area contributed by atoms with Gasteiger partial charge >= 0.3 is 5.97 Å². The lowest BCUT2D eigenvalue weighted by Gasteiger charge is -2.22. The monoisotopic (exact) mass is 388 g/mol. The highest BCUT2D eigenvalue weighted by Gasteiger charge is 2.35. The number of nitrogens with zero attached hydrogens (tertiary/aromatic N) is 1. The Morgan fingerprint density at radius 1 is 1.25 bits per heavy atom. The molecule has 0 unspecified atom stereocenters. The molecule has 0 saturated heterocycles. The Balaban J connectivity index is 1.82. The van der Waals surface area contributed by atoms with E-state index in [-0.39, 0.29) is 24.4 Å². The van der Waals surface area contributed by atoms with Crippen molar-refractivity contribution < 1.29 is 23.5 Å². The van der Waals surface area contributed by atoms with Crippen LogP contribution in [0.25, 0.3) is 0 Å². The molecule has 1 heterocycles. The van der Waals surface area contributed by atoms with Crippen LogP contribution in [0.1, 0.15) is 50.5 Å². The first-order valence-electron chi connectivity index (χ1n) is 9.33. The second kappa shape index (κ2) is 8.56. The van der Waals surface area contributed by atoms with Crippen molar-refractivity contribution in [2.24, 2.45) is 0 Å². The second-order valence-electron chi connectivity index (χ2n) is 7.05. The number of H-pyrrole nitrogens is 1. The third kappa shape index (κ3) is 4.42. The highest BCUT2D eigenvalue weighted by Crippen LogP contribution is 2.31. The fourth-order valence-electron chi connectivity index (χ4n) is 3.29. The minimum atomic E-state index is -0.481. The topological polar surface area (TPSA) is 71.6 Å². The Kier molecular flexibility index (Phi) is 6.14. The van der Waals surface area contributed by atoms with Crippen LogP contribution in [0.4, 0.5) is 4.39 Å². The van der Waals surface area contributed by atoms with Gasteiger partial charge in [0, 0.05) is 25.4 Å². The summed E-state index contributed by atoms with van der Waals surface area (Å²) in [5.74, 6) is -0.998. The summed E-state index contributed by atoms with van der Waals surface area (Å²) in [6.45, 7) is 4.26. The molecule has 3 rings (SSSR count). The molecule has 1 amide bonds. The number of hydrogen-bond donors (Lipinski definition) is 1. The molecule has 0 aliphatic heterocycles. The van der Waals surface area contributed by atoms with Gasteiger partial charge in [0.25, 0.3) is 5.91 Å². The fourth-order valence-corrected chi connectivity index (χ4v) is 3.29. The van der Waals surface area contributed by atoms with Crippen LogP contribution in [-0.2, 0) is 16.0 Å². The number of aryl methyl sites for hydroxylation is 1. The number of esters is 1. The predicted molar refractivity (Wildman–Crippen MR) is 102 cm³/mol. The molecule has 0 spiro atoms. The SMILES string of the molecule is COCCOC(=O)c1c(C)[nH]c(C(=O)N(Cc2cccc(F)c2)C2CC2)c1C. The van der Waals surface area contributed by atoms with Gasteiger partial charge in [-0.3, -0.25) is 4.79 Å². The van der Waals surface area contributed by atoms with Gasteiger partial charge < -0.3 is 19.4 Å². The molecule has 1 aromatic carbocycles. The number of aromatic nitrogens is 1. The molecular formula is C21H25FN2O4. The van der Waals surface area contributed by atoms with E-state index in [1.807, 2.05) is 0 Å². The van der Waals surface area contributed by atoms with Crippen LogP contribution in [0.2, 0.25) is 0 Å². The van der Waals surface area contributed by atoms with Crippen molar-refractivity contribution in [1.29, 1.82) is 0 Å². The number of halogens is 1. The fraction of sp³-hybridized carbons (Fsp3) is 0.429. The van der Waals surface area contributed by atoms with E-state index in [2.05, 4.69) is 4.98 Å². The molecular weight excluding hydrogens is 363 g/mol. The molecule has 0 radical (unpaired) electrons. The smallest absolute Gasteiger partial charge is 0.340 e. The molecule has 28 heavy (non-hydrogen) atoms. The van der Waals surface area contributed by atoms with Crippen LogP contribution < -0.4 is 0 Å². The van der Waals surface area contributed by atoms with Crippen molar-refractivity contribution >= 4 is 11.9 Å². The van der Waals surface area contributed by atoms with Crippen molar-refractivity contribution in [3.05, 3.63) is 58.2 Å². The van der Waals surface area contributed by atoms with E-state index in [9.17, 15) is 14.0 Å². The van der Waals surface area contributed by atoms with Gasteiger partial charge in [-0.05, 0) is 49.9 Å². The van der Waals surface area contributed by atoms with E-state index in [1.54, 1.807) is 30.9 Å². The molecule has 1 aliphatic rings. The number of aromatic amines is 1. The average molecular weight is 388 g/mol. The number of amides is 1. The van der Waals surface area contributed by atoms with Crippen LogP contribution in [0.3, 0.4) is 0 Å². The Bertz CT molecular complexity index is 873. The number of nitrogens with one attached hydrogen (secondary N) is 1. The summed E-state index contributed by atoms with van der Waals surface area (Å²) in [5.41, 5.74) is 2.64. The first-order chi connectivity index (χ1) is 13.4. The standard InChI is InChI=1S/C21H25FN2O4/c1-13-18(21(26)28-10-9-27-3)14(2)23-19(13)20(25)24(17-7-8-17)12-15-5-4-6-16(22)11-15/h4-6,11,17,23H,7-10,12H2,1-3H3. The zero-order chi connectivity index (χ0) is 20.3. The van der Waals surface area contributed by atoms with Gasteiger partial charge in [0.2, 0.25) is 0 Å². The number of methoxy groups -OCH3 is 1. The van der Waals surface area contributed by atoms with Crippen molar-refractivity contribution in [1.82, 2.24) is 9.88 Å². The number of ether oxygens (including phenoxy) is 2. The van der Waals surface area contributed by atoms with E-state index in [0.717, 1.165) is 18.4 Å². The van der Waals surface area contributed by atoms with Gasteiger partial charge in [-0.2, -0.15) is 0 Å². The summed E-state index contributed by atoms with van der Waals surface area (Å²) < 4.78 is 23.6. The highest BCUT2D eigenvalue weighted by molar-refractivity contribution is 6.00. The quantitative estimate of drug-likeness (QED) is 0.556. The van der Waals surface area contributed by atoms with Gasteiger partial charge in [0.15, 0.2) is 0 Å². The molecule has 1 saturated carbocycles. The number of carbonyl (C=O) groups excluding carboxylic acids is 2. The van der Waals surface area contributed by atoms with Crippen molar-refractivity contribution in [3.63, 3.8) is 0 Å². The van der Waals surface area contributed by atoms with Crippen molar-refractivity contribution in [3.8, 4) is 0 Å². The Hall–Kier alpha value is -2.67. The van der Waals surface area contributed by atoms with Gasteiger partial charge in [-0.15, -0.1) is 0 Å². The molecule has 1 aromatic heterocycles. The molecule has 7 heteroatoms. The van der Waals surface area contributed by atoms with Gasteiger partial charge in [0.1, 0.15) is 18.1 Å². The van der Waals surface area contributed by atoms with Gasteiger partial charge in [-0.25, -0.2) is 9.18 Å². The average Bonchev–Trinajstić information content (AvgIpc) is 3.44. The highest BCUT2D eigenvalue weighted by atomic mass is 19.1. The first kappa shape index (κ1) is 20.1. The maximum atomic E-state index is 13.5. The second-order valence-corrected chi connectivity index (χ2v) is 7.05.